The maximum atomic E-state index is 12.3. The van der Waals surface area contributed by atoms with Crippen LogP contribution in [0.5, 0.6) is 5.75 Å². The predicted octanol–water partition coefficient (Wildman–Crippen LogP) is 6.25. The molecule has 5 nitrogen and oxygen atoms in total. The van der Waals surface area contributed by atoms with Crippen molar-refractivity contribution in [1.82, 2.24) is 14.9 Å². The van der Waals surface area contributed by atoms with E-state index in [1.54, 1.807) is 24.3 Å². The lowest BCUT2D eigenvalue weighted by molar-refractivity contribution is 0.0953. The number of para-hydroxylation sites is 3. The molecule has 6 heteroatoms. The number of fused-ring (bicyclic) bond motifs is 1. The molecule has 0 unspecified atom stereocenters. The molecule has 0 spiro atoms. The Morgan fingerprint density at radius 3 is 2.63 bits per heavy atom. The molecule has 3 aromatic carbocycles. The average molecular weight is 488 g/mol. The molecule has 0 atom stereocenters. The third kappa shape index (κ3) is 6.52. The van der Waals surface area contributed by atoms with Gasteiger partial charge in [-0.15, -0.1) is 6.58 Å². The van der Waals surface area contributed by atoms with E-state index in [9.17, 15) is 4.79 Å². The van der Waals surface area contributed by atoms with Gasteiger partial charge < -0.3 is 14.6 Å². The lowest BCUT2D eigenvalue weighted by atomic mass is 10.1. The molecular formula is C29H30ClN3O2. The van der Waals surface area contributed by atoms with Crippen LogP contribution in [0, 0.1) is 0 Å². The third-order valence-electron chi connectivity index (χ3n) is 5.82. The topological polar surface area (TPSA) is 56.1 Å². The largest absolute Gasteiger partial charge is 0.493 e. The second kappa shape index (κ2) is 12.2. The van der Waals surface area contributed by atoms with Crippen molar-refractivity contribution in [3.8, 4) is 5.75 Å². The van der Waals surface area contributed by atoms with E-state index < -0.39 is 0 Å². The summed E-state index contributed by atoms with van der Waals surface area (Å²) in [6, 6.07) is 23.2. The summed E-state index contributed by atoms with van der Waals surface area (Å²) in [6.45, 7) is 5.85. The van der Waals surface area contributed by atoms with Gasteiger partial charge in [0.1, 0.15) is 11.6 Å². The first-order chi connectivity index (χ1) is 17.2. The summed E-state index contributed by atoms with van der Waals surface area (Å²) in [5, 5.41) is 3.60. The Labute approximate surface area is 211 Å². The molecule has 0 saturated heterocycles. The number of aromatic nitrogens is 2. The Balaban J connectivity index is 1.33. The van der Waals surface area contributed by atoms with Gasteiger partial charge in [-0.1, -0.05) is 48.0 Å². The molecular weight excluding hydrogens is 458 g/mol. The van der Waals surface area contributed by atoms with Crippen LogP contribution in [0.4, 0.5) is 0 Å². The maximum absolute atomic E-state index is 12.3. The summed E-state index contributed by atoms with van der Waals surface area (Å²) in [5.74, 6) is 1.85. The van der Waals surface area contributed by atoms with E-state index in [0.29, 0.717) is 23.7 Å². The summed E-state index contributed by atoms with van der Waals surface area (Å²) in [6.07, 6.45) is 5.13. The molecule has 4 aromatic rings. The Kier molecular flexibility index (Phi) is 8.58. The monoisotopic (exact) mass is 487 g/mol. The van der Waals surface area contributed by atoms with Crippen molar-refractivity contribution < 1.29 is 9.53 Å². The minimum atomic E-state index is -0.0935. The second-order valence-electron chi connectivity index (χ2n) is 8.34. The SMILES string of the molecule is C=CCc1ccccc1OCCCn1c(CCCNC(=O)c2ccc(Cl)cc2)nc2ccccc21. The van der Waals surface area contributed by atoms with Gasteiger partial charge >= 0.3 is 0 Å². The van der Waals surface area contributed by atoms with E-state index >= 15 is 0 Å². The van der Waals surface area contributed by atoms with Crippen molar-refractivity contribution in [2.75, 3.05) is 13.2 Å². The number of allylic oxidation sites excluding steroid dienone is 1. The van der Waals surface area contributed by atoms with E-state index in [4.69, 9.17) is 21.3 Å². The minimum absolute atomic E-state index is 0.0935. The summed E-state index contributed by atoms with van der Waals surface area (Å²) in [4.78, 5) is 17.2. The fraction of sp³-hybridized carbons (Fsp3) is 0.241. The number of hydrogen-bond acceptors (Lipinski definition) is 3. The van der Waals surface area contributed by atoms with Crippen molar-refractivity contribution in [1.29, 1.82) is 0 Å². The number of nitrogens with one attached hydrogen (secondary N) is 1. The van der Waals surface area contributed by atoms with Crippen molar-refractivity contribution in [3.05, 3.63) is 107 Å². The van der Waals surface area contributed by atoms with Gasteiger partial charge in [0, 0.05) is 30.1 Å². The first kappa shape index (κ1) is 24.6. The predicted molar refractivity (Wildman–Crippen MR) is 142 cm³/mol. The van der Waals surface area contributed by atoms with E-state index in [0.717, 1.165) is 60.4 Å². The number of rotatable bonds is 12. The smallest absolute Gasteiger partial charge is 0.251 e. The number of hydrogen-bond donors (Lipinski definition) is 1. The molecule has 35 heavy (non-hydrogen) atoms. The summed E-state index contributed by atoms with van der Waals surface area (Å²) < 4.78 is 8.35. The van der Waals surface area contributed by atoms with Crippen LogP contribution in [0.1, 0.15) is 34.6 Å². The Hall–Kier alpha value is -3.57. The van der Waals surface area contributed by atoms with Gasteiger partial charge in [0.2, 0.25) is 0 Å². The molecule has 0 aliphatic heterocycles. The molecule has 1 heterocycles. The number of carbonyl (C=O) groups is 1. The van der Waals surface area contributed by atoms with Crippen LogP contribution in [0.15, 0.2) is 85.5 Å². The quantitative estimate of drug-likeness (QED) is 0.190. The van der Waals surface area contributed by atoms with Crippen molar-refractivity contribution in [2.45, 2.75) is 32.2 Å². The van der Waals surface area contributed by atoms with E-state index in [1.807, 2.05) is 42.5 Å². The van der Waals surface area contributed by atoms with Gasteiger partial charge in [0.15, 0.2) is 0 Å². The highest BCUT2D eigenvalue weighted by molar-refractivity contribution is 6.30. The van der Waals surface area contributed by atoms with E-state index in [-0.39, 0.29) is 5.91 Å². The summed E-state index contributed by atoms with van der Waals surface area (Å²) in [5.41, 5.74) is 3.87. The normalized spacial score (nSPS) is 10.9. The molecule has 1 amide bonds. The number of halogens is 1. The number of ether oxygens (including phenoxy) is 1. The number of carbonyl (C=O) groups excluding carboxylic acids is 1. The number of aryl methyl sites for hydroxylation is 2. The summed E-state index contributed by atoms with van der Waals surface area (Å²) >= 11 is 5.90. The zero-order valence-electron chi connectivity index (χ0n) is 19.8. The first-order valence-corrected chi connectivity index (χ1v) is 12.3. The average Bonchev–Trinajstić information content (AvgIpc) is 3.23. The molecule has 0 aliphatic rings. The van der Waals surface area contributed by atoms with E-state index in [1.165, 1.54) is 0 Å². The molecule has 180 valence electrons. The minimum Gasteiger partial charge on any atom is -0.493 e. The van der Waals surface area contributed by atoms with Crippen LogP contribution in [-0.2, 0) is 19.4 Å². The highest BCUT2D eigenvalue weighted by atomic mass is 35.5. The molecule has 1 N–H and O–H groups in total. The molecule has 0 saturated carbocycles. The molecule has 0 aliphatic carbocycles. The molecule has 0 radical (unpaired) electrons. The first-order valence-electron chi connectivity index (χ1n) is 11.9. The van der Waals surface area contributed by atoms with Crippen molar-refractivity contribution >= 4 is 28.5 Å². The molecule has 0 fully saturated rings. The van der Waals surface area contributed by atoms with Gasteiger partial charge in [0.25, 0.3) is 5.91 Å². The van der Waals surface area contributed by atoms with Crippen LogP contribution in [0.2, 0.25) is 5.02 Å². The highest BCUT2D eigenvalue weighted by Gasteiger charge is 2.11. The number of nitrogens with zero attached hydrogens (tertiary/aromatic N) is 2. The van der Waals surface area contributed by atoms with Gasteiger partial charge in [-0.2, -0.15) is 0 Å². The zero-order chi connectivity index (χ0) is 24.5. The highest BCUT2D eigenvalue weighted by Crippen LogP contribution is 2.20. The Morgan fingerprint density at radius 1 is 1.03 bits per heavy atom. The molecule has 0 bridgehead atoms. The molecule has 4 rings (SSSR count). The van der Waals surface area contributed by atoms with Crippen LogP contribution >= 0.6 is 11.6 Å². The van der Waals surface area contributed by atoms with Crippen LogP contribution in [-0.4, -0.2) is 28.6 Å². The number of imidazole rings is 1. The van der Waals surface area contributed by atoms with Crippen LogP contribution < -0.4 is 10.1 Å². The van der Waals surface area contributed by atoms with E-state index in [2.05, 4.69) is 28.6 Å². The standard InChI is InChI=1S/C29H30ClN3O2/c1-2-9-22-10-3-6-13-27(22)35-21-8-20-33-26-12-5-4-11-25(26)32-28(33)14-7-19-31-29(34)23-15-17-24(30)18-16-23/h2-6,10-13,15-18H,1,7-9,14,19-21H2,(H,31,34). The second-order valence-corrected chi connectivity index (χ2v) is 8.77. The fourth-order valence-electron chi connectivity index (χ4n) is 4.09. The summed E-state index contributed by atoms with van der Waals surface area (Å²) in [7, 11) is 0. The van der Waals surface area contributed by atoms with Crippen LogP contribution in [0.3, 0.4) is 0 Å². The van der Waals surface area contributed by atoms with Gasteiger partial charge in [-0.25, -0.2) is 4.98 Å². The van der Waals surface area contributed by atoms with Crippen molar-refractivity contribution in [3.63, 3.8) is 0 Å². The zero-order valence-corrected chi connectivity index (χ0v) is 20.5. The van der Waals surface area contributed by atoms with Crippen LogP contribution in [0.25, 0.3) is 11.0 Å². The Bertz CT molecular complexity index is 1280. The fourth-order valence-corrected chi connectivity index (χ4v) is 4.22. The van der Waals surface area contributed by atoms with Gasteiger partial charge in [0.05, 0.1) is 17.6 Å². The van der Waals surface area contributed by atoms with Gasteiger partial charge in [-0.3, -0.25) is 4.79 Å². The number of amides is 1. The maximum Gasteiger partial charge on any atom is 0.251 e. The lowest BCUT2D eigenvalue weighted by Gasteiger charge is -2.12. The van der Waals surface area contributed by atoms with Crippen molar-refractivity contribution in [2.24, 2.45) is 0 Å². The number of benzene rings is 3. The van der Waals surface area contributed by atoms with Gasteiger partial charge in [-0.05, 0) is 67.3 Å². The third-order valence-corrected chi connectivity index (χ3v) is 6.08. The Morgan fingerprint density at radius 2 is 1.80 bits per heavy atom. The lowest BCUT2D eigenvalue weighted by Crippen LogP contribution is -2.25. The molecule has 1 aromatic heterocycles.